The second-order valence-electron chi connectivity index (χ2n) is 4.77. The summed E-state index contributed by atoms with van der Waals surface area (Å²) in [7, 11) is 0. The monoisotopic (exact) mass is 285 g/mol. The van der Waals surface area contributed by atoms with Crippen LogP contribution in [0.15, 0.2) is 28.7 Å². The van der Waals surface area contributed by atoms with Crippen molar-refractivity contribution in [2.45, 2.75) is 25.4 Å². The number of halogens is 2. The standard InChI is InChI=1S/C13H17BrFN/c1-13(15)9-16-7-6-11(13)8-10-2-4-12(14)5-3-10/h2-5,11,16H,6-9H2,1H3. The van der Waals surface area contributed by atoms with Crippen molar-refractivity contribution in [3.63, 3.8) is 0 Å². The van der Waals surface area contributed by atoms with Crippen LogP contribution in [0, 0.1) is 5.92 Å². The predicted octanol–water partition coefficient (Wildman–Crippen LogP) is 3.33. The van der Waals surface area contributed by atoms with Crippen LogP contribution in [-0.2, 0) is 6.42 Å². The van der Waals surface area contributed by atoms with E-state index in [0.717, 1.165) is 23.9 Å². The van der Waals surface area contributed by atoms with Gasteiger partial charge in [-0.05, 0) is 49.9 Å². The highest BCUT2D eigenvalue weighted by molar-refractivity contribution is 9.10. The molecular formula is C13H17BrFN. The molecule has 0 bridgehead atoms. The van der Waals surface area contributed by atoms with Crippen LogP contribution in [0.5, 0.6) is 0 Å². The molecule has 1 aromatic rings. The molecule has 0 aliphatic carbocycles. The van der Waals surface area contributed by atoms with E-state index in [0.29, 0.717) is 6.54 Å². The zero-order chi connectivity index (χ0) is 11.6. The first-order valence-electron chi connectivity index (χ1n) is 5.72. The fraction of sp³-hybridized carbons (Fsp3) is 0.538. The first kappa shape index (κ1) is 12.1. The number of alkyl halides is 1. The van der Waals surface area contributed by atoms with Crippen molar-refractivity contribution < 1.29 is 4.39 Å². The summed E-state index contributed by atoms with van der Waals surface area (Å²) >= 11 is 3.41. The van der Waals surface area contributed by atoms with Gasteiger partial charge in [-0.2, -0.15) is 0 Å². The van der Waals surface area contributed by atoms with E-state index in [1.165, 1.54) is 5.56 Å². The highest BCUT2D eigenvalue weighted by Crippen LogP contribution is 2.30. The van der Waals surface area contributed by atoms with E-state index in [1.807, 2.05) is 12.1 Å². The molecule has 2 atom stereocenters. The van der Waals surface area contributed by atoms with Crippen LogP contribution in [-0.4, -0.2) is 18.8 Å². The third kappa shape index (κ3) is 2.83. The predicted molar refractivity (Wildman–Crippen MR) is 68.3 cm³/mol. The van der Waals surface area contributed by atoms with Gasteiger partial charge in [0.15, 0.2) is 0 Å². The topological polar surface area (TPSA) is 12.0 Å². The lowest BCUT2D eigenvalue weighted by molar-refractivity contribution is 0.0712. The minimum Gasteiger partial charge on any atom is -0.314 e. The molecule has 0 spiro atoms. The molecular weight excluding hydrogens is 269 g/mol. The van der Waals surface area contributed by atoms with E-state index in [9.17, 15) is 4.39 Å². The maximum atomic E-state index is 14.2. The van der Waals surface area contributed by atoms with Crippen molar-refractivity contribution in [1.82, 2.24) is 5.32 Å². The molecule has 2 rings (SSSR count). The molecule has 1 aromatic carbocycles. The molecule has 16 heavy (non-hydrogen) atoms. The van der Waals surface area contributed by atoms with Crippen LogP contribution in [0.25, 0.3) is 0 Å². The van der Waals surface area contributed by atoms with Gasteiger partial charge in [0, 0.05) is 11.0 Å². The third-order valence-corrected chi connectivity index (χ3v) is 3.92. The Morgan fingerprint density at radius 3 is 2.75 bits per heavy atom. The Hall–Kier alpha value is -0.410. The lowest BCUT2D eigenvalue weighted by Gasteiger charge is -2.35. The van der Waals surface area contributed by atoms with Crippen LogP contribution < -0.4 is 5.32 Å². The van der Waals surface area contributed by atoms with E-state index in [2.05, 4.69) is 33.4 Å². The maximum Gasteiger partial charge on any atom is 0.123 e. The molecule has 2 unspecified atom stereocenters. The van der Waals surface area contributed by atoms with Gasteiger partial charge in [0.1, 0.15) is 5.67 Å². The highest BCUT2D eigenvalue weighted by atomic mass is 79.9. The smallest absolute Gasteiger partial charge is 0.123 e. The van der Waals surface area contributed by atoms with Gasteiger partial charge >= 0.3 is 0 Å². The van der Waals surface area contributed by atoms with Gasteiger partial charge in [-0.15, -0.1) is 0 Å². The molecule has 0 saturated carbocycles. The average molecular weight is 286 g/mol. The van der Waals surface area contributed by atoms with Gasteiger partial charge in [-0.1, -0.05) is 28.1 Å². The minimum absolute atomic E-state index is 0.134. The van der Waals surface area contributed by atoms with Gasteiger partial charge in [0.05, 0.1) is 0 Å². The Morgan fingerprint density at radius 2 is 2.12 bits per heavy atom. The van der Waals surface area contributed by atoms with Gasteiger partial charge in [-0.3, -0.25) is 0 Å². The third-order valence-electron chi connectivity index (χ3n) is 3.39. The SMILES string of the molecule is CC1(F)CNCCC1Cc1ccc(Br)cc1. The van der Waals surface area contributed by atoms with Crippen LogP contribution in [0.2, 0.25) is 0 Å². The second-order valence-corrected chi connectivity index (χ2v) is 5.69. The molecule has 1 heterocycles. The normalized spacial score (nSPS) is 30.3. The van der Waals surface area contributed by atoms with E-state index in [4.69, 9.17) is 0 Å². The molecule has 1 aliphatic heterocycles. The fourth-order valence-corrected chi connectivity index (χ4v) is 2.54. The molecule has 0 aromatic heterocycles. The van der Waals surface area contributed by atoms with Crippen LogP contribution in [0.1, 0.15) is 18.9 Å². The Bertz CT molecular complexity index is 347. The summed E-state index contributed by atoms with van der Waals surface area (Å²) in [5, 5.41) is 3.12. The first-order chi connectivity index (χ1) is 7.58. The molecule has 1 aliphatic rings. The number of rotatable bonds is 2. The summed E-state index contributed by atoms with van der Waals surface area (Å²) in [6.07, 6.45) is 1.75. The van der Waals surface area contributed by atoms with Gasteiger partial charge < -0.3 is 5.32 Å². The number of piperidine rings is 1. The summed E-state index contributed by atoms with van der Waals surface area (Å²) in [6.45, 7) is 3.12. The number of hydrogen-bond acceptors (Lipinski definition) is 1. The Balaban J connectivity index is 2.05. The van der Waals surface area contributed by atoms with E-state index >= 15 is 0 Å². The molecule has 3 heteroatoms. The van der Waals surface area contributed by atoms with Gasteiger partial charge in [-0.25, -0.2) is 4.39 Å². The lowest BCUT2D eigenvalue weighted by atomic mass is 9.81. The highest BCUT2D eigenvalue weighted by Gasteiger charge is 2.36. The average Bonchev–Trinajstić information content (AvgIpc) is 2.24. The van der Waals surface area contributed by atoms with Crippen LogP contribution in [0.4, 0.5) is 4.39 Å². The van der Waals surface area contributed by atoms with Crippen molar-refractivity contribution in [3.8, 4) is 0 Å². The van der Waals surface area contributed by atoms with E-state index in [-0.39, 0.29) is 5.92 Å². The zero-order valence-corrected chi connectivity index (χ0v) is 11.1. The van der Waals surface area contributed by atoms with Crippen LogP contribution >= 0.6 is 15.9 Å². The largest absolute Gasteiger partial charge is 0.314 e. The number of nitrogens with one attached hydrogen (secondary N) is 1. The van der Waals surface area contributed by atoms with Crippen LogP contribution in [0.3, 0.4) is 0 Å². The van der Waals surface area contributed by atoms with Crippen molar-refractivity contribution in [2.75, 3.05) is 13.1 Å². The van der Waals surface area contributed by atoms with Crippen molar-refractivity contribution in [3.05, 3.63) is 34.3 Å². The second kappa shape index (κ2) is 4.84. The zero-order valence-electron chi connectivity index (χ0n) is 9.47. The van der Waals surface area contributed by atoms with E-state index < -0.39 is 5.67 Å². The minimum atomic E-state index is -1.08. The summed E-state index contributed by atoms with van der Waals surface area (Å²) in [5.41, 5.74) is 0.143. The van der Waals surface area contributed by atoms with E-state index in [1.54, 1.807) is 6.92 Å². The van der Waals surface area contributed by atoms with Crippen molar-refractivity contribution in [1.29, 1.82) is 0 Å². The summed E-state index contributed by atoms with van der Waals surface area (Å²) in [4.78, 5) is 0. The molecule has 1 fully saturated rings. The quantitative estimate of drug-likeness (QED) is 0.879. The summed E-state index contributed by atoms with van der Waals surface area (Å²) in [6, 6.07) is 8.18. The molecule has 1 N–H and O–H groups in total. The molecule has 0 amide bonds. The van der Waals surface area contributed by atoms with Gasteiger partial charge in [0.25, 0.3) is 0 Å². The van der Waals surface area contributed by atoms with Crippen molar-refractivity contribution >= 4 is 15.9 Å². The maximum absolute atomic E-state index is 14.2. The molecule has 0 radical (unpaired) electrons. The fourth-order valence-electron chi connectivity index (χ4n) is 2.27. The first-order valence-corrected chi connectivity index (χ1v) is 6.51. The molecule has 88 valence electrons. The van der Waals surface area contributed by atoms with Crippen molar-refractivity contribution in [2.24, 2.45) is 5.92 Å². The number of hydrogen-bond donors (Lipinski definition) is 1. The molecule has 1 saturated heterocycles. The lowest BCUT2D eigenvalue weighted by Crippen LogP contribution is -2.47. The Labute approximate surface area is 105 Å². The summed E-state index contributed by atoms with van der Waals surface area (Å²) in [5.74, 6) is 0.134. The Kier molecular flexibility index (Phi) is 3.65. The Morgan fingerprint density at radius 1 is 1.44 bits per heavy atom. The molecule has 1 nitrogen and oxygen atoms in total. The van der Waals surface area contributed by atoms with Gasteiger partial charge in [0.2, 0.25) is 0 Å². The number of benzene rings is 1. The summed E-state index contributed by atoms with van der Waals surface area (Å²) < 4.78 is 15.3.